The van der Waals surface area contributed by atoms with E-state index in [0.29, 0.717) is 37.1 Å². The smallest absolute Gasteiger partial charge is 0.175 e. The van der Waals surface area contributed by atoms with Crippen molar-refractivity contribution >= 4 is 29.2 Å². The topological polar surface area (TPSA) is 69.6 Å². The number of anilines is 1. The molecule has 0 bridgehead atoms. The predicted octanol–water partition coefficient (Wildman–Crippen LogP) is 2.88. The number of methoxy groups -OCH3 is 1. The predicted molar refractivity (Wildman–Crippen MR) is 98.0 cm³/mol. The normalized spacial score (nSPS) is 21.2. The Morgan fingerprint density at radius 3 is 3.08 bits per heavy atom. The van der Waals surface area contributed by atoms with E-state index in [1.54, 1.807) is 19.5 Å². The van der Waals surface area contributed by atoms with Crippen LogP contribution in [0.3, 0.4) is 0 Å². The lowest BCUT2D eigenvalue weighted by Gasteiger charge is -2.33. The molecule has 2 aromatic heterocycles. The summed E-state index contributed by atoms with van der Waals surface area (Å²) in [4.78, 5) is 16.3. The minimum absolute atomic E-state index is 0.329. The van der Waals surface area contributed by atoms with Crippen LogP contribution in [0.2, 0.25) is 5.15 Å². The van der Waals surface area contributed by atoms with Crippen molar-refractivity contribution in [2.45, 2.75) is 22.4 Å². The number of halogens is 1. The Balaban J connectivity index is 1.51. The molecular formula is C17H19ClN4O3S. The lowest BCUT2D eigenvalue weighted by atomic mass is 10.1. The molecule has 1 fully saturated rings. The number of fused-ring (bicyclic) bond motifs is 3. The second-order valence-electron chi connectivity index (χ2n) is 6.24. The number of ether oxygens (including phenoxy) is 3. The van der Waals surface area contributed by atoms with Crippen LogP contribution in [0.1, 0.15) is 6.42 Å². The van der Waals surface area contributed by atoms with Gasteiger partial charge in [0.05, 0.1) is 29.9 Å². The van der Waals surface area contributed by atoms with Crippen molar-refractivity contribution in [2.24, 2.45) is 5.92 Å². The van der Waals surface area contributed by atoms with Crippen LogP contribution >= 0.6 is 23.4 Å². The minimum atomic E-state index is 0.329. The van der Waals surface area contributed by atoms with Gasteiger partial charge in [-0.3, -0.25) is 0 Å². The molecule has 2 atom stereocenters. The maximum Gasteiger partial charge on any atom is 0.175 e. The fourth-order valence-corrected chi connectivity index (χ4v) is 4.24. The molecule has 0 unspecified atom stereocenters. The summed E-state index contributed by atoms with van der Waals surface area (Å²) in [5, 5.41) is 1.14. The fraction of sp³-hybridized carbons (Fsp3) is 0.471. The summed E-state index contributed by atoms with van der Waals surface area (Å²) in [6, 6.07) is 2.27. The van der Waals surface area contributed by atoms with Crippen LogP contribution in [-0.2, 0) is 9.47 Å². The summed E-state index contributed by atoms with van der Waals surface area (Å²) in [7, 11) is 1.64. The van der Waals surface area contributed by atoms with Crippen LogP contribution < -0.4 is 9.64 Å². The molecule has 0 amide bonds. The van der Waals surface area contributed by atoms with Gasteiger partial charge in [0.1, 0.15) is 23.6 Å². The van der Waals surface area contributed by atoms with E-state index in [4.69, 9.17) is 25.8 Å². The Hall–Kier alpha value is -1.61. The Morgan fingerprint density at radius 2 is 2.27 bits per heavy atom. The summed E-state index contributed by atoms with van der Waals surface area (Å²) >= 11 is 7.31. The monoisotopic (exact) mass is 394 g/mol. The second kappa shape index (κ2) is 7.96. The second-order valence-corrected chi connectivity index (χ2v) is 7.69. The largest absolute Gasteiger partial charge is 0.486 e. The van der Waals surface area contributed by atoms with E-state index in [0.717, 1.165) is 34.5 Å². The van der Waals surface area contributed by atoms with Gasteiger partial charge in [0.2, 0.25) is 0 Å². The number of rotatable bonds is 6. The standard InChI is InChI=1S/C17H19ClN4O3S/c1-23-10-24-8-11-4-12-9-25-16-13(2-3-19-17(16)22(12)7-11)26-15-6-20-14(18)5-21-15/h2-3,5-6,11-12H,4,7-10H2,1H3/t11-,12-/m0/s1. The van der Waals surface area contributed by atoms with Crippen LogP contribution in [0.25, 0.3) is 0 Å². The molecule has 0 N–H and O–H groups in total. The third-order valence-electron chi connectivity index (χ3n) is 4.41. The molecule has 0 spiro atoms. The van der Waals surface area contributed by atoms with Gasteiger partial charge >= 0.3 is 0 Å². The third kappa shape index (κ3) is 3.73. The van der Waals surface area contributed by atoms with E-state index in [1.165, 1.54) is 11.8 Å². The zero-order valence-electron chi connectivity index (χ0n) is 14.3. The molecule has 7 nitrogen and oxygen atoms in total. The summed E-state index contributed by atoms with van der Waals surface area (Å²) in [5.74, 6) is 2.15. The average molecular weight is 395 g/mol. The van der Waals surface area contributed by atoms with Gasteiger partial charge in [-0.2, -0.15) is 0 Å². The van der Waals surface area contributed by atoms with Crippen molar-refractivity contribution < 1.29 is 14.2 Å². The third-order valence-corrected chi connectivity index (χ3v) is 5.57. The number of hydrogen-bond donors (Lipinski definition) is 0. The lowest BCUT2D eigenvalue weighted by Crippen LogP contribution is -2.39. The molecule has 1 saturated heterocycles. The zero-order valence-corrected chi connectivity index (χ0v) is 15.9. The molecule has 2 aliphatic rings. The van der Waals surface area contributed by atoms with Gasteiger partial charge in [0.15, 0.2) is 11.6 Å². The zero-order chi connectivity index (χ0) is 17.9. The van der Waals surface area contributed by atoms with Gasteiger partial charge in [0.25, 0.3) is 0 Å². The summed E-state index contributed by atoms with van der Waals surface area (Å²) in [6.45, 7) is 2.58. The SMILES string of the molecule is COCOC[C@H]1C[C@H]2COc3c(Sc4cnc(Cl)cn4)ccnc3N2C1. The van der Waals surface area contributed by atoms with Crippen LogP contribution in [0.15, 0.2) is 34.6 Å². The van der Waals surface area contributed by atoms with Gasteiger partial charge in [-0.25, -0.2) is 15.0 Å². The molecule has 9 heteroatoms. The first-order valence-corrected chi connectivity index (χ1v) is 9.54. The van der Waals surface area contributed by atoms with E-state index in [9.17, 15) is 0 Å². The molecule has 0 aliphatic carbocycles. The Bertz CT molecular complexity index is 764. The summed E-state index contributed by atoms with van der Waals surface area (Å²) in [6.07, 6.45) is 6.04. The highest BCUT2D eigenvalue weighted by molar-refractivity contribution is 7.99. The summed E-state index contributed by atoms with van der Waals surface area (Å²) < 4.78 is 16.6. The number of aromatic nitrogens is 3. The van der Waals surface area contributed by atoms with Crippen LogP contribution in [0.5, 0.6) is 5.75 Å². The molecule has 2 aromatic rings. The maximum absolute atomic E-state index is 6.07. The van der Waals surface area contributed by atoms with Crippen LogP contribution in [-0.4, -0.2) is 54.7 Å². The molecule has 0 aromatic carbocycles. The quantitative estimate of drug-likeness (QED) is 0.547. The van der Waals surface area contributed by atoms with Gasteiger partial charge < -0.3 is 19.1 Å². The van der Waals surface area contributed by atoms with Gasteiger partial charge in [-0.15, -0.1) is 0 Å². The Kier molecular flexibility index (Phi) is 5.44. The van der Waals surface area contributed by atoms with Crippen LogP contribution in [0.4, 0.5) is 5.82 Å². The molecule has 0 radical (unpaired) electrons. The Morgan fingerprint density at radius 1 is 1.35 bits per heavy atom. The first-order valence-electron chi connectivity index (χ1n) is 8.35. The van der Waals surface area contributed by atoms with E-state index in [1.807, 2.05) is 12.3 Å². The van der Waals surface area contributed by atoms with Gasteiger partial charge in [-0.1, -0.05) is 23.4 Å². The summed E-state index contributed by atoms with van der Waals surface area (Å²) in [5.41, 5.74) is 0. The fourth-order valence-electron chi connectivity index (χ4n) is 3.34. The first-order chi connectivity index (χ1) is 12.7. The van der Waals surface area contributed by atoms with Gasteiger partial charge in [0, 0.05) is 25.8 Å². The molecule has 26 heavy (non-hydrogen) atoms. The van der Waals surface area contributed by atoms with Crippen molar-refractivity contribution in [3.63, 3.8) is 0 Å². The van der Waals surface area contributed by atoms with E-state index >= 15 is 0 Å². The van der Waals surface area contributed by atoms with Crippen molar-refractivity contribution in [2.75, 3.05) is 38.6 Å². The van der Waals surface area contributed by atoms with Crippen molar-refractivity contribution in [1.29, 1.82) is 0 Å². The molecule has 0 saturated carbocycles. The number of nitrogens with zero attached hydrogens (tertiary/aromatic N) is 4. The van der Waals surface area contributed by atoms with E-state index < -0.39 is 0 Å². The number of hydrogen-bond acceptors (Lipinski definition) is 8. The van der Waals surface area contributed by atoms with E-state index in [2.05, 4.69) is 19.9 Å². The van der Waals surface area contributed by atoms with E-state index in [-0.39, 0.29) is 0 Å². The molecule has 138 valence electrons. The van der Waals surface area contributed by atoms with Gasteiger partial charge in [-0.05, 0) is 12.5 Å². The van der Waals surface area contributed by atoms with Crippen molar-refractivity contribution in [1.82, 2.24) is 15.0 Å². The maximum atomic E-state index is 6.07. The highest BCUT2D eigenvalue weighted by Gasteiger charge is 2.38. The lowest BCUT2D eigenvalue weighted by molar-refractivity contribution is -0.0414. The highest BCUT2D eigenvalue weighted by Crippen LogP contribution is 2.44. The molecule has 4 rings (SSSR count). The molecule has 4 heterocycles. The number of pyridine rings is 1. The molecule has 2 aliphatic heterocycles. The Labute approximate surface area is 161 Å². The molecular weight excluding hydrogens is 376 g/mol. The van der Waals surface area contributed by atoms with Crippen molar-refractivity contribution in [3.05, 3.63) is 29.8 Å². The van der Waals surface area contributed by atoms with Crippen molar-refractivity contribution in [3.8, 4) is 5.75 Å². The minimum Gasteiger partial charge on any atom is -0.486 e. The average Bonchev–Trinajstić information content (AvgIpc) is 3.07. The first kappa shape index (κ1) is 17.8. The van der Waals surface area contributed by atoms with Crippen LogP contribution in [0, 0.1) is 5.92 Å². The highest BCUT2D eigenvalue weighted by atomic mass is 35.5.